The summed E-state index contributed by atoms with van der Waals surface area (Å²) in [6.45, 7) is 2.78. The third-order valence-electron chi connectivity index (χ3n) is 3.19. The van der Waals surface area contributed by atoms with Crippen molar-refractivity contribution in [2.24, 2.45) is 0 Å². The van der Waals surface area contributed by atoms with Crippen molar-refractivity contribution < 1.29 is 9.53 Å². The van der Waals surface area contributed by atoms with Crippen molar-refractivity contribution in [1.82, 2.24) is 0 Å². The maximum Gasteiger partial charge on any atom is 0.224 e. The van der Waals surface area contributed by atoms with E-state index >= 15 is 0 Å². The molecule has 1 atom stereocenters. The minimum Gasteiger partial charge on any atom is -0.378 e. The van der Waals surface area contributed by atoms with E-state index in [1.165, 1.54) is 0 Å². The van der Waals surface area contributed by atoms with Gasteiger partial charge in [-0.05, 0) is 43.9 Å². The molecule has 0 spiro atoms. The lowest BCUT2D eigenvalue weighted by Crippen LogP contribution is -2.15. The van der Waals surface area contributed by atoms with Crippen LogP contribution in [0.4, 0.5) is 5.69 Å². The standard InChI is InChI=1S/C14H18ClNO2/c1-10-4-5-11(15)9-13(10)16-14(17)7-6-12-3-2-8-18-12/h4-5,9,12H,2-3,6-8H2,1H3,(H,16,17). The highest BCUT2D eigenvalue weighted by atomic mass is 35.5. The second-order valence-corrected chi connectivity index (χ2v) is 5.12. The van der Waals surface area contributed by atoms with Gasteiger partial charge in [0.05, 0.1) is 6.10 Å². The third kappa shape index (κ3) is 3.72. The molecular weight excluding hydrogens is 250 g/mol. The molecule has 0 radical (unpaired) electrons. The summed E-state index contributed by atoms with van der Waals surface area (Å²) >= 11 is 5.91. The van der Waals surface area contributed by atoms with Crippen LogP contribution < -0.4 is 5.32 Å². The number of benzene rings is 1. The molecule has 1 saturated heterocycles. The molecule has 3 nitrogen and oxygen atoms in total. The Morgan fingerprint density at radius 2 is 2.39 bits per heavy atom. The number of aryl methyl sites for hydroxylation is 1. The highest BCUT2D eigenvalue weighted by molar-refractivity contribution is 6.31. The molecule has 1 N–H and O–H groups in total. The molecule has 1 aromatic rings. The van der Waals surface area contributed by atoms with Crippen LogP contribution in [0.15, 0.2) is 18.2 Å². The summed E-state index contributed by atoms with van der Waals surface area (Å²) in [7, 11) is 0. The summed E-state index contributed by atoms with van der Waals surface area (Å²) in [5.74, 6) is 0.0240. The molecule has 1 aromatic carbocycles. The van der Waals surface area contributed by atoms with Crippen LogP contribution in [0.3, 0.4) is 0 Å². The van der Waals surface area contributed by atoms with Gasteiger partial charge in [0.1, 0.15) is 0 Å². The quantitative estimate of drug-likeness (QED) is 0.906. The summed E-state index contributed by atoms with van der Waals surface area (Å²) in [4.78, 5) is 11.8. The van der Waals surface area contributed by atoms with Crippen LogP contribution in [0.1, 0.15) is 31.2 Å². The molecule has 18 heavy (non-hydrogen) atoms. The minimum absolute atomic E-state index is 0.0240. The minimum atomic E-state index is 0.0240. The second kappa shape index (κ2) is 6.21. The molecule has 1 heterocycles. The van der Waals surface area contributed by atoms with Gasteiger partial charge in [-0.1, -0.05) is 17.7 Å². The Morgan fingerprint density at radius 1 is 1.56 bits per heavy atom. The van der Waals surface area contributed by atoms with Crippen molar-refractivity contribution in [2.75, 3.05) is 11.9 Å². The van der Waals surface area contributed by atoms with Crippen molar-refractivity contribution in [3.63, 3.8) is 0 Å². The summed E-state index contributed by atoms with van der Waals surface area (Å²) in [6, 6.07) is 5.50. The van der Waals surface area contributed by atoms with E-state index in [1.807, 2.05) is 19.1 Å². The van der Waals surface area contributed by atoms with Gasteiger partial charge in [-0.25, -0.2) is 0 Å². The zero-order valence-electron chi connectivity index (χ0n) is 10.5. The highest BCUT2D eigenvalue weighted by Gasteiger charge is 2.16. The normalized spacial score (nSPS) is 18.9. The van der Waals surface area contributed by atoms with E-state index in [2.05, 4.69) is 5.32 Å². The molecule has 0 aromatic heterocycles. The number of carbonyl (C=O) groups is 1. The fourth-order valence-electron chi connectivity index (χ4n) is 2.11. The number of hydrogen-bond acceptors (Lipinski definition) is 2. The van der Waals surface area contributed by atoms with Crippen molar-refractivity contribution in [3.05, 3.63) is 28.8 Å². The molecule has 0 saturated carbocycles. The Morgan fingerprint density at radius 3 is 3.11 bits per heavy atom. The van der Waals surface area contributed by atoms with E-state index in [4.69, 9.17) is 16.3 Å². The van der Waals surface area contributed by atoms with Crippen LogP contribution >= 0.6 is 11.6 Å². The van der Waals surface area contributed by atoms with Gasteiger partial charge in [-0.3, -0.25) is 4.79 Å². The summed E-state index contributed by atoms with van der Waals surface area (Å²) in [5, 5.41) is 3.53. The molecule has 1 fully saturated rings. The summed E-state index contributed by atoms with van der Waals surface area (Å²) < 4.78 is 5.50. The lowest BCUT2D eigenvalue weighted by atomic mass is 10.1. The zero-order valence-corrected chi connectivity index (χ0v) is 11.3. The van der Waals surface area contributed by atoms with Crippen LogP contribution in [0, 0.1) is 6.92 Å². The fraction of sp³-hybridized carbons (Fsp3) is 0.500. The number of ether oxygens (including phenoxy) is 1. The lowest BCUT2D eigenvalue weighted by molar-refractivity contribution is -0.116. The van der Waals surface area contributed by atoms with Gasteiger partial charge in [0.25, 0.3) is 0 Å². The van der Waals surface area contributed by atoms with Crippen molar-refractivity contribution in [3.8, 4) is 0 Å². The van der Waals surface area contributed by atoms with E-state index in [9.17, 15) is 4.79 Å². The van der Waals surface area contributed by atoms with Gasteiger partial charge >= 0.3 is 0 Å². The molecular formula is C14H18ClNO2. The van der Waals surface area contributed by atoms with Gasteiger partial charge < -0.3 is 10.1 Å². The summed E-state index contributed by atoms with van der Waals surface area (Å²) in [5.41, 5.74) is 1.81. The van der Waals surface area contributed by atoms with E-state index in [-0.39, 0.29) is 12.0 Å². The molecule has 4 heteroatoms. The van der Waals surface area contributed by atoms with Gasteiger partial charge in [-0.2, -0.15) is 0 Å². The Labute approximate surface area is 112 Å². The van der Waals surface area contributed by atoms with Crippen molar-refractivity contribution in [1.29, 1.82) is 0 Å². The first-order valence-corrected chi connectivity index (χ1v) is 6.70. The van der Waals surface area contributed by atoms with Crippen LogP contribution in [0.5, 0.6) is 0 Å². The van der Waals surface area contributed by atoms with Crippen LogP contribution in [-0.4, -0.2) is 18.6 Å². The number of halogens is 1. The predicted octanol–water partition coefficient (Wildman–Crippen LogP) is 3.55. The fourth-order valence-corrected chi connectivity index (χ4v) is 2.28. The monoisotopic (exact) mass is 267 g/mol. The average molecular weight is 268 g/mol. The molecule has 0 bridgehead atoms. The largest absolute Gasteiger partial charge is 0.378 e. The number of nitrogens with one attached hydrogen (secondary N) is 1. The number of amides is 1. The van der Waals surface area contributed by atoms with Crippen LogP contribution in [0.25, 0.3) is 0 Å². The van der Waals surface area contributed by atoms with Gasteiger partial charge in [-0.15, -0.1) is 0 Å². The lowest BCUT2D eigenvalue weighted by Gasteiger charge is -2.11. The average Bonchev–Trinajstić information content (AvgIpc) is 2.84. The van der Waals surface area contributed by atoms with E-state index in [0.717, 1.165) is 37.1 Å². The van der Waals surface area contributed by atoms with Crippen molar-refractivity contribution in [2.45, 2.75) is 38.7 Å². The second-order valence-electron chi connectivity index (χ2n) is 4.68. The maximum absolute atomic E-state index is 11.8. The van der Waals surface area contributed by atoms with E-state index < -0.39 is 0 Å². The van der Waals surface area contributed by atoms with E-state index in [1.54, 1.807) is 6.07 Å². The number of carbonyl (C=O) groups excluding carboxylic acids is 1. The maximum atomic E-state index is 11.8. The Kier molecular flexibility index (Phi) is 4.61. The van der Waals surface area contributed by atoms with Gasteiger partial charge in [0, 0.05) is 23.7 Å². The predicted molar refractivity (Wildman–Crippen MR) is 73.0 cm³/mol. The first kappa shape index (κ1) is 13.4. The SMILES string of the molecule is Cc1ccc(Cl)cc1NC(=O)CCC1CCCO1. The zero-order chi connectivity index (χ0) is 13.0. The Bertz CT molecular complexity index is 428. The van der Waals surface area contributed by atoms with Gasteiger partial charge in [0.2, 0.25) is 5.91 Å². The highest BCUT2D eigenvalue weighted by Crippen LogP contribution is 2.21. The molecule has 0 aliphatic carbocycles. The topological polar surface area (TPSA) is 38.3 Å². The summed E-state index contributed by atoms with van der Waals surface area (Å²) in [6.07, 6.45) is 3.74. The van der Waals surface area contributed by atoms with Crippen LogP contribution in [0.2, 0.25) is 5.02 Å². The number of rotatable bonds is 4. The van der Waals surface area contributed by atoms with Crippen LogP contribution in [-0.2, 0) is 9.53 Å². The first-order valence-electron chi connectivity index (χ1n) is 6.33. The first-order chi connectivity index (χ1) is 8.65. The molecule has 1 aliphatic rings. The van der Waals surface area contributed by atoms with Crippen molar-refractivity contribution >= 4 is 23.2 Å². The molecule has 1 aliphatic heterocycles. The molecule has 1 unspecified atom stereocenters. The number of anilines is 1. The van der Waals surface area contributed by atoms with Gasteiger partial charge in [0.15, 0.2) is 0 Å². The molecule has 2 rings (SSSR count). The number of hydrogen-bond donors (Lipinski definition) is 1. The molecule has 1 amide bonds. The Balaban J connectivity index is 1.84. The smallest absolute Gasteiger partial charge is 0.224 e. The third-order valence-corrected chi connectivity index (χ3v) is 3.43. The Hall–Kier alpha value is -1.06. The van der Waals surface area contributed by atoms with E-state index in [0.29, 0.717) is 11.4 Å². The molecule has 98 valence electrons.